The van der Waals surface area contributed by atoms with E-state index in [1.54, 1.807) is 6.07 Å². The van der Waals surface area contributed by atoms with E-state index in [1.165, 1.54) is 13.2 Å². The van der Waals surface area contributed by atoms with Gasteiger partial charge in [-0.1, -0.05) is 13.0 Å². The third-order valence-corrected chi connectivity index (χ3v) is 3.73. The molecule has 0 amide bonds. The third kappa shape index (κ3) is 3.23. The van der Waals surface area contributed by atoms with Crippen LogP contribution in [0.3, 0.4) is 0 Å². The molecule has 3 N–H and O–H groups in total. The van der Waals surface area contributed by atoms with Crippen LogP contribution in [0.5, 0.6) is 5.75 Å². The first-order valence-corrected chi connectivity index (χ1v) is 6.56. The number of benzene rings is 1. The Morgan fingerprint density at radius 3 is 2.89 bits per heavy atom. The van der Waals surface area contributed by atoms with Gasteiger partial charge >= 0.3 is 0 Å². The lowest BCUT2D eigenvalue weighted by atomic mass is 9.93. The normalized spacial score (nSPS) is 24.4. The molecular formula is C14H21FN2O2. The molecule has 106 valence electrons. The van der Waals surface area contributed by atoms with Crippen molar-refractivity contribution in [2.75, 3.05) is 13.7 Å². The Morgan fingerprint density at radius 1 is 1.58 bits per heavy atom. The largest absolute Gasteiger partial charge is 0.494 e. The molecule has 4 nitrogen and oxygen atoms in total. The molecule has 5 heteroatoms. The van der Waals surface area contributed by atoms with Gasteiger partial charge in [0, 0.05) is 6.61 Å². The van der Waals surface area contributed by atoms with Gasteiger partial charge in [-0.15, -0.1) is 0 Å². The lowest BCUT2D eigenvalue weighted by Gasteiger charge is -2.25. The van der Waals surface area contributed by atoms with Gasteiger partial charge in [0.15, 0.2) is 11.6 Å². The molecule has 0 bridgehead atoms. The molecule has 0 aliphatic carbocycles. The molecule has 0 saturated carbocycles. The highest BCUT2D eigenvalue weighted by molar-refractivity contribution is 5.29. The quantitative estimate of drug-likeness (QED) is 0.629. The first-order chi connectivity index (χ1) is 9.15. The molecule has 0 radical (unpaired) electrons. The second-order valence-electron chi connectivity index (χ2n) is 5.05. The molecule has 1 aromatic carbocycles. The highest BCUT2D eigenvalue weighted by atomic mass is 19.1. The lowest BCUT2D eigenvalue weighted by Crippen LogP contribution is -2.47. The van der Waals surface area contributed by atoms with Crippen LogP contribution in [0.15, 0.2) is 18.2 Å². The van der Waals surface area contributed by atoms with Gasteiger partial charge in [-0.2, -0.15) is 0 Å². The van der Waals surface area contributed by atoms with Crippen molar-refractivity contribution < 1.29 is 13.9 Å². The number of nitrogens with two attached hydrogens (primary N) is 1. The van der Waals surface area contributed by atoms with E-state index in [0.29, 0.717) is 12.3 Å². The Kier molecular flexibility index (Phi) is 4.74. The number of nitrogens with one attached hydrogen (secondary N) is 1. The van der Waals surface area contributed by atoms with E-state index >= 15 is 0 Å². The Balaban J connectivity index is 2.07. The minimum atomic E-state index is -0.351. The Labute approximate surface area is 113 Å². The van der Waals surface area contributed by atoms with Crippen molar-refractivity contribution in [3.05, 3.63) is 29.6 Å². The number of rotatable bonds is 5. The first-order valence-electron chi connectivity index (χ1n) is 6.56. The minimum Gasteiger partial charge on any atom is -0.494 e. The summed E-state index contributed by atoms with van der Waals surface area (Å²) in [4.78, 5) is 0. The van der Waals surface area contributed by atoms with Crippen LogP contribution in [0.4, 0.5) is 4.39 Å². The molecule has 0 aromatic heterocycles. The zero-order valence-electron chi connectivity index (χ0n) is 11.4. The standard InChI is InChI=1S/C14H21FN2O2/c1-9-5-6-19-14(9)12(17-16)8-10-3-4-13(18-2)11(15)7-10/h3-4,7,9,12,14,17H,5-6,8,16H2,1-2H3. The highest BCUT2D eigenvalue weighted by Crippen LogP contribution is 2.25. The van der Waals surface area contributed by atoms with Gasteiger partial charge in [0.1, 0.15) is 0 Å². The molecule has 1 fully saturated rings. The van der Waals surface area contributed by atoms with E-state index in [-0.39, 0.29) is 23.7 Å². The van der Waals surface area contributed by atoms with E-state index in [2.05, 4.69) is 12.3 Å². The number of hydrogen-bond acceptors (Lipinski definition) is 4. The van der Waals surface area contributed by atoms with Crippen molar-refractivity contribution in [2.24, 2.45) is 11.8 Å². The molecule has 1 aromatic rings. The van der Waals surface area contributed by atoms with Gasteiger partial charge in [-0.3, -0.25) is 11.3 Å². The fourth-order valence-electron chi connectivity index (χ4n) is 2.59. The van der Waals surface area contributed by atoms with Crippen LogP contribution in [0.25, 0.3) is 0 Å². The summed E-state index contributed by atoms with van der Waals surface area (Å²) in [5, 5.41) is 0. The van der Waals surface area contributed by atoms with Crippen molar-refractivity contribution in [1.82, 2.24) is 5.43 Å². The van der Waals surface area contributed by atoms with Crippen LogP contribution in [0.1, 0.15) is 18.9 Å². The summed E-state index contributed by atoms with van der Waals surface area (Å²) < 4.78 is 24.3. The summed E-state index contributed by atoms with van der Waals surface area (Å²) in [7, 11) is 1.45. The summed E-state index contributed by atoms with van der Waals surface area (Å²) in [6.07, 6.45) is 1.75. The van der Waals surface area contributed by atoms with Crippen molar-refractivity contribution in [3.63, 3.8) is 0 Å². The molecule has 2 rings (SSSR count). The number of halogens is 1. The molecule has 3 atom stereocenters. The summed E-state index contributed by atoms with van der Waals surface area (Å²) in [6.45, 7) is 2.91. The molecule has 1 saturated heterocycles. The average molecular weight is 268 g/mol. The van der Waals surface area contributed by atoms with Crippen molar-refractivity contribution in [3.8, 4) is 5.75 Å². The van der Waals surface area contributed by atoms with Crippen LogP contribution in [0, 0.1) is 11.7 Å². The van der Waals surface area contributed by atoms with Crippen LogP contribution in [0.2, 0.25) is 0 Å². The highest BCUT2D eigenvalue weighted by Gasteiger charge is 2.31. The number of hydrazine groups is 1. The maximum absolute atomic E-state index is 13.7. The summed E-state index contributed by atoms with van der Waals surface area (Å²) in [5.41, 5.74) is 3.67. The summed E-state index contributed by atoms with van der Waals surface area (Å²) in [5.74, 6) is 5.98. The van der Waals surface area contributed by atoms with E-state index in [4.69, 9.17) is 15.3 Å². The second-order valence-corrected chi connectivity index (χ2v) is 5.05. The summed E-state index contributed by atoms with van der Waals surface area (Å²) in [6, 6.07) is 4.97. The smallest absolute Gasteiger partial charge is 0.165 e. The molecule has 3 unspecified atom stereocenters. The van der Waals surface area contributed by atoms with E-state index < -0.39 is 0 Å². The van der Waals surface area contributed by atoms with Crippen LogP contribution < -0.4 is 16.0 Å². The Bertz CT molecular complexity index is 428. The second kappa shape index (κ2) is 6.32. The molecule has 1 aliphatic heterocycles. The van der Waals surface area contributed by atoms with Gasteiger partial charge in [0.2, 0.25) is 0 Å². The molecule has 0 spiro atoms. The van der Waals surface area contributed by atoms with Crippen LogP contribution in [-0.4, -0.2) is 25.9 Å². The number of ether oxygens (including phenoxy) is 2. The van der Waals surface area contributed by atoms with E-state index in [0.717, 1.165) is 18.6 Å². The Morgan fingerprint density at radius 2 is 2.37 bits per heavy atom. The van der Waals surface area contributed by atoms with Crippen molar-refractivity contribution >= 4 is 0 Å². The number of hydrogen-bond donors (Lipinski definition) is 2. The average Bonchev–Trinajstić information content (AvgIpc) is 2.82. The molecule has 19 heavy (non-hydrogen) atoms. The zero-order valence-corrected chi connectivity index (χ0v) is 11.4. The molecule has 1 heterocycles. The fourth-order valence-corrected chi connectivity index (χ4v) is 2.59. The Hall–Kier alpha value is -1.17. The van der Waals surface area contributed by atoms with Gasteiger partial charge < -0.3 is 9.47 Å². The SMILES string of the molecule is COc1ccc(CC(NN)C2OCCC2C)cc1F. The van der Waals surface area contributed by atoms with Crippen LogP contribution >= 0.6 is 0 Å². The van der Waals surface area contributed by atoms with Gasteiger partial charge in [0.05, 0.1) is 19.3 Å². The third-order valence-electron chi connectivity index (χ3n) is 3.73. The minimum absolute atomic E-state index is 0.00899. The topological polar surface area (TPSA) is 56.5 Å². The van der Waals surface area contributed by atoms with Gasteiger partial charge in [-0.25, -0.2) is 4.39 Å². The van der Waals surface area contributed by atoms with Crippen molar-refractivity contribution in [1.29, 1.82) is 0 Å². The predicted molar refractivity (Wildman–Crippen MR) is 71.3 cm³/mol. The fraction of sp³-hybridized carbons (Fsp3) is 0.571. The van der Waals surface area contributed by atoms with Crippen molar-refractivity contribution in [2.45, 2.75) is 31.9 Å². The van der Waals surface area contributed by atoms with Gasteiger partial charge in [-0.05, 0) is 36.5 Å². The van der Waals surface area contributed by atoms with E-state index in [9.17, 15) is 4.39 Å². The monoisotopic (exact) mass is 268 g/mol. The maximum Gasteiger partial charge on any atom is 0.165 e. The van der Waals surface area contributed by atoms with Gasteiger partial charge in [0.25, 0.3) is 0 Å². The van der Waals surface area contributed by atoms with Crippen LogP contribution in [-0.2, 0) is 11.2 Å². The zero-order chi connectivity index (χ0) is 13.8. The summed E-state index contributed by atoms with van der Waals surface area (Å²) >= 11 is 0. The lowest BCUT2D eigenvalue weighted by molar-refractivity contribution is 0.0610. The number of methoxy groups -OCH3 is 1. The molecular weight excluding hydrogens is 247 g/mol. The first kappa shape index (κ1) is 14.2. The predicted octanol–water partition coefficient (Wildman–Crippen LogP) is 1.63. The maximum atomic E-state index is 13.7. The van der Waals surface area contributed by atoms with E-state index in [1.807, 2.05) is 6.07 Å². The molecule has 1 aliphatic rings.